The molecule has 0 fully saturated rings. The largest absolute Gasteiger partial charge is 0.299 e. The van der Waals surface area contributed by atoms with Crippen molar-refractivity contribution in [2.45, 2.75) is 464 Å². The molecular weight excluding hydrogens is 1190 g/mol. The standard InChI is InChI=1S/C17H36.2C16H32O.C16H34.C15H30O.C15H32/c1-15(2,3)13-11-10-12-14(16(4,5)6)17(7,8)9;2*1-14(2,3)10-12(16(7,8)9)13(17)11-15(4,5)6;1-14(2,3)12-10-11-13(15(4,5)6)16(7,8)9;1-13(2,3)10-11(16)12(14(4,5)6)15(7,8)9;1-13(2,3)11-10-12(14(4,5)6)15(7,8)9/h14H,10-13H2,1-9H3;2*12H,10-11H2,1-9H3;13H,10-12H2,1-9H3;12H,10H2,1-9H3;12H,10-11H2,1-9H3. The molecule has 0 saturated heterocycles. The first-order valence-electron chi connectivity index (χ1n) is 40.3. The van der Waals surface area contributed by atoms with E-state index in [1.807, 2.05) is 0 Å². The number of carbonyl (C=O) groups excluding carboxylic acids is 3. The van der Waals surface area contributed by atoms with E-state index in [9.17, 15) is 14.4 Å². The average molecular weight is 1390 g/mol. The molecule has 0 aromatic carbocycles. The van der Waals surface area contributed by atoms with Crippen LogP contribution in [0.4, 0.5) is 0 Å². The summed E-state index contributed by atoms with van der Waals surface area (Å²) in [5, 5.41) is 0. The van der Waals surface area contributed by atoms with Crippen LogP contribution in [0.5, 0.6) is 0 Å². The fraction of sp³-hybridized carbons (Fsp3) is 0.968. The lowest BCUT2D eigenvalue weighted by Crippen LogP contribution is -2.40. The maximum absolute atomic E-state index is 12.5. The SMILES string of the molecule is CC(C)(C)CC(=O)C(C(C)(C)C)C(C)(C)C.CC(C)(C)CC(=O)C(CC(C)(C)C)C(C)(C)C.CC(C)(C)CC(=O)C(CC(C)(C)C)C(C)(C)C.CC(C)(C)CCC(C(C)(C)C)C(C)(C)C.CC(C)(C)CCCC(C(C)(C)C)C(C)(C)C.CC(C)(C)CCCCC(C(C)(C)C)C(C)(C)C. The molecule has 2 unspecified atom stereocenters. The van der Waals surface area contributed by atoms with E-state index in [-0.39, 0.29) is 66.5 Å². The van der Waals surface area contributed by atoms with Gasteiger partial charge in [0.2, 0.25) is 0 Å². The molecule has 0 aliphatic carbocycles. The molecule has 0 bridgehead atoms. The molecule has 0 spiro atoms. The third-order valence-corrected chi connectivity index (χ3v) is 19.2. The molecule has 594 valence electrons. The molecule has 0 aliphatic rings. The van der Waals surface area contributed by atoms with E-state index in [1.165, 1.54) is 57.8 Å². The van der Waals surface area contributed by atoms with Crippen LogP contribution >= 0.6 is 0 Å². The highest BCUT2D eigenvalue weighted by atomic mass is 16.1. The first-order valence-corrected chi connectivity index (χ1v) is 40.3. The van der Waals surface area contributed by atoms with Gasteiger partial charge in [-0.15, -0.1) is 0 Å². The van der Waals surface area contributed by atoms with Crippen LogP contribution in [0.15, 0.2) is 0 Å². The van der Waals surface area contributed by atoms with Crippen molar-refractivity contribution < 1.29 is 14.4 Å². The number of unbranched alkanes of at least 4 members (excludes halogenated alkanes) is 1. The van der Waals surface area contributed by atoms with Gasteiger partial charge in [0.05, 0.1) is 0 Å². The molecular formula is C95H196O3. The number of hydrogen-bond acceptors (Lipinski definition) is 3. The Morgan fingerprint density at radius 2 is 0.398 bits per heavy atom. The van der Waals surface area contributed by atoms with E-state index >= 15 is 0 Å². The Bertz CT molecular complexity index is 2030. The minimum atomic E-state index is 0.0422. The molecule has 0 amide bonds. The zero-order valence-corrected chi connectivity index (χ0v) is 79.1. The number of rotatable bonds is 17. The van der Waals surface area contributed by atoms with Gasteiger partial charge in [-0.25, -0.2) is 0 Å². The monoisotopic (exact) mass is 1390 g/mol. The highest BCUT2D eigenvalue weighted by Crippen LogP contribution is 2.48. The number of ketones is 3. The van der Waals surface area contributed by atoms with Crippen molar-refractivity contribution in [1.29, 1.82) is 0 Å². The summed E-state index contributed by atoms with van der Waals surface area (Å²) in [5.74, 6) is 4.15. The van der Waals surface area contributed by atoms with Crippen molar-refractivity contribution in [2.75, 3.05) is 0 Å². The van der Waals surface area contributed by atoms with E-state index in [1.54, 1.807) is 0 Å². The summed E-state index contributed by atoms with van der Waals surface area (Å²) in [6.45, 7) is 123. The highest BCUT2D eigenvalue weighted by Gasteiger charge is 2.43. The molecule has 0 rings (SSSR count). The maximum Gasteiger partial charge on any atom is 0.137 e. The van der Waals surface area contributed by atoms with Crippen molar-refractivity contribution in [3.05, 3.63) is 0 Å². The molecule has 0 N–H and O–H groups in total. The van der Waals surface area contributed by atoms with Gasteiger partial charge in [-0.2, -0.15) is 0 Å². The minimum absolute atomic E-state index is 0.0422. The Labute approximate surface area is 625 Å². The Morgan fingerprint density at radius 3 is 0.582 bits per heavy atom. The van der Waals surface area contributed by atoms with Crippen LogP contribution in [0.25, 0.3) is 0 Å². The number of hydrogen-bond donors (Lipinski definition) is 0. The Kier molecular flexibility index (Phi) is 43.6. The predicted molar refractivity (Wildman–Crippen MR) is 451 cm³/mol. The number of Topliss-reactive ketones (excluding diaryl/α,β-unsaturated/α-hetero) is 3. The van der Waals surface area contributed by atoms with Gasteiger partial charge in [-0.3, -0.25) is 14.4 Å². The lowest BCUT2D eigenvalue weighted by molar-refractivity contribution is -0.133. The summed E-state index contributed by atoms with van der Waals surface area (Å²) in [6, 6.07) is 0. The lowest BCUT2D eigenvalue weighted by atomic mass is 9.63. The second kappa shape index (κ2) is 39.6. The summed E-state index contributed by atoms with van der Waals surface area (Å²) in [4.78, 5) is 37.4. The third kappa shape index (κ3) is 61.3. The first-order chi connectivity index (χ1) is 41.7. The molecule has 98 heavy (non-hydrogen) atoms. The van der Waals surface area contributed by atoms with Crippen LogP contribution in [0.3, 0.4) is 0 Å². The summed E-state index contributed by atoms with van der Waals surface area (Å²) >= 11 is 0. The van der Waals surface area contributed by atoms with E-state index in [0.29, 0.717) is 85.3 Å². The Hall–Kier alpha value is -0.990. The second-order valence-electron chi connectivity index (χ2n) is 52.4. The van der Waals surface area contributed by atoms with E-state index < -0.39 is 0 Å². The zero-order valence-electron chi connectivity index (χ0n) is 79.1. The normalized spacial score (nSPS) is 15.0. The van der Waals surface area contributed by atoms with Gasteiger partial charge >= 0.3 is 0 Å². The van der Waals surface area contributed by atoms with E-state index in [4.69, 9.17) is 0 Å². The van der Waals surface area contributed by atoms with Gasteiger partial charge in [0.1, 0.15) is 17.3 Å². The summed E-state index contributed by atoms with van der Waals surface area (Å²) in [5.41, 5.74) is 4.93. The van der Waals surface area contributed by atoms with Crippen LogP contribution in [-0.4, -0.2) is 17.3 Å². The topological polar surface area (TPSA) is 51.2 Å². The second-order valence-corrected chi connectivity index (χ2v) is 52.4. The molecule has 0 saturated carbocycles. The fourth-order valence-corrected chi connectivity index (χ4v) is 16.1. The third-order valence-electron chi connectivity index (χ3n) is 19.2. The van der Waals surface area contributed by atoms with Crippen molar-refractivity contribution >= 4 is 17.3 Å². The highest BCUT2D eigenvalue weighted by molar-refractivity contribution is 5.83. The molecule has 0 aromatic heterocycles. The van der Waals surface area contributed by atoms with Crippen molar-refractivity contribution in [2.24, 2.45) is 133 Å². The van der Waals surface area contributed by atoms with Crippen LogP contribution in [0, 0.1) is 133 Å². The van der Waals surface area contributed by atoms with Gasteiger partial charge in [0.15, 0.2) is 0 Å². The smallest absolute Gasteiger partial charge is 0.137 e. The Balaban J connectivity index is -0.000000259. The molecule has 3 nitrogen and oxygen atoms in total. The summed E-state index contributed by atoms with van der Waals surface area (Å²) in [7, 11) is 0. The van der Waals surface area contributed by atoms with Crippen molar-refractivity contribution in [3.63, 3.8) is 0 Å². The van der Waals surface area contributed by atoms with Gasteiger partial charge < -0.3 is 0 Å². The van der Waals surface area contributed by atoms with Crippen molar-refractivity contribution in [3.8, 4) is 0 Å². The molecule has 2 atom stereocenters. The molecule has 0 radical (unpaired) electrons. The molecule has 0 heterocycles. The Morgan fingerprint density at radius 1 is 0.194 bits per heavy atom. The van der Waals surface area contributed by atoms with Crippen LogP contribution in [-0.2, 0) is 14.4 Å². The zero-order chi connectivity index (χ0) is 81.1. The van der Waals surface area contributed by atoms with Gasteiger partial charge in [0.25, 0.3) is 0 Å². The predicted octanol–water partition coefficient (Wildman–Crippen LogP) is 32.6. The fourth-order valence-electron chi connectivity index (χ4n) is 16.1. The van der Waals surface area contributed by atoms with Gasteiger partial charge in [-0.1, -0.05) is 393 Å². The van der Waals surface area contributed by atoms with Gasteiger partial charge in [-0.05, 0) is 167 Å². The molecule has 0 aromatic rings. The summed E-state index contributed by atoms with van der Waals surface area (Å²) < 4.78 is 0. The van der Waals surface area contributed by atoms with Crippen LogP contribution in [0.2, 0.25) is 0 Å². The van der Waals surface area contributed by atoms with Crippen LogP contribution < -0.4 is 0 Å². The maximum atomic E-state index is 12.5. The first kappa shape index (κ1) is 108. The van der Waals surface area contributed by atoms with Crippen molar-refractivity contribution in [1.82, 2.24) is 0 Å². The van der Waals surface area contributed by atoms with Crippen LogP contribution in [0.1, 0.15) is 464 Å². The lowest BCUT2D eigenvalue weighted by Gasteiger charge is -2.42. The average Bonchev–Trinajstić information content (AvgIpc) is 0.839. The molecule has 3 heteroatoms. The molecule has 0 aliphatic heterocycles. The quantitative estimate of drug-likeness (QED) is 0.136. The van der Waals surface area contributed by atoms with E-state index in [0.717, 1.165) is 30.6 Å². The number of carbonyl (C=O) groups is 3. The summed E-state index contributed by atoms with van der Waals surface area (Å²) in [6.07, 6.45) is 16.2. The van der Waals surface area contributed by atoms with E-state index in [2.05, 4.69) is 374 Å². The van der Waals surface area contributed by atoms with Gasteiger partial charge in [0, 0.05) is 37.0 Å². The minimum Gasteiger partial charge on any atom is -0.299 e.